The Morgan fingerprint density at radius 2 is 1.00 bits per heavy atom. The van der Waals surface area contributed by atoms with E-state index in [1.165, 1.54) is 0 Å². The minimum Gasteiger partial charge on any atom is -0.447 e. The second-order valence-corrected chi connectivity index (χ2v) is 5.83. The number of esters is 2. The summed E-state index contributed by atoms with van der Waals surface area (Å²) in [6.07, 6.45) is 5.02. The smallest absolute Gasteiger partial charge is 0.307 e. The average molecular weight is 383 g/mol. The number of ether oxygens (including phenoxy) is 2. The van der Waals surface area contributed by atoms with Gasteiger partial charge in [-0.05, 0) is 64.5 Å². The summed E-state index contributed by atoms with van der Waals surface area (Å²) in [5.74, 6) is -0.691. The molecule has 0 aliphatic heterocycles. The molecule has 0 heterocycles. The lowest BCUT2D eigenvalue weighted by molar-refractivity contribution is -0.151. The Hall–Kier alpha value is -1.30. The molecule has 0 aromatic carbocycles. The van der Waals surface area contributed by atoms with Gasteiger partial charge in [0.25, 0.3) is 0 Å². The third-order valence-corrected chi connectivity index (χ3v) is 3.46. The van der Waals surface area contributed by atoms with E-state index < -0.39 is 12.5 Å². The minimum absolute atomic E-state index is 0. The van der Waals surface area contributed by atoms with Gasteiger partial charge in [0.2, 0.25) is 0 Å². The van der Waals surface area contributed by atoms with E-state index in [4.69, 9.17) is 32.4 Å². The normalized spacial score (nSPS) is 12.3. The topological polar surface area (TPSA) is 220 Å². The first-order valence-electron chi connectivity index (χ1n) is 8.79. The van der Waals surface area contributed by atoms with Crippen molar-refractivity contribution in [3.63, 3.8) is 0 Å². The van der Waals surface area contributed by atoms with Crippen LogP contribution in [-0.4, -0.2) is 48.4 Å². The van der Waals surface area contributed by atoms with Crippen LogP contribution in [0.2, 0.25) is 0 Å². The molecule has 12 N–H and O–H groups in total. The summed E-state index contributed by atoms with van der Waals surface area (Å²) in [5.41, 5.74) is 22.2. The second-order valence-electron chi connectivity index (χ2n) is 5.83. The summed E-state index contributed by atoms with van der Waals surface area (Å²) in [6.45, 7) is 1.21. The molecule has 0 fully saturated rings. The Bertz CT molecular complexity index is 315. The fourth-order valence-electron chi connectivity index (χ4n) is 2.09. The minimum atomic E-state index is -0.583. The maximum absolute atomic E-state index is 11.6. The Morgan fingerprint density at radius 1 is 0.654 bits per heavy atom. The van der Waals surface area contributed by atoms with E-state index in [9.17, 15) is 9.59 Å². The number of hydrogen-bond donors (Lipinski definition) is 4. The maximum Gasteiger partial charge on any atom is 0.307 e. The molecule has 0 aliphatic rings. The highest BCUT2D eigenvalue weighted by Gasteiger charge is 2.12. The molecule has 158 valence electrons. The van der Waals surface area contributed by atoms with Crippen molar-refractivity contribution in [1.29, 1.82) is 0 Å². The lowest BCUT2D eigenvalue weighted by Crippen LogP contribution is -2.27. The van der Waals surface area contributed by atoms with Crippen LogP contribution in [0.4, 0.5) is 0 Å². The molecule has 0 saturated carbocycles. The number of hydrogen-bond acceptors (Lipinski definition) is 8. The van der Waals surface area contributed by atoms with Crippen molar-refractivity contribution < 1.29 is 30.0 Å². The van der Waals surface area contributed by atoms with E-state index in [1.807, 2.05) is 0 Å². The van der Waals surface area contributed by atoms with Crippen LogP contribution in [0.5, 0.6) is 0 Å². The van der Waals surface area contributed by atoms with Crippen LogP contribution < -0.4 is 22.9 Å². The molecule has 10 nitrogen and oxygen atoms in total. The number of carbonyl (C=O) groups is 2. The van der Waals surface area contributed by atoms with Crippen molar-refractivity contribution in [2.24, 2.45) is 22.9 Å². The molecular weight excluding hydrogens is 344 g/mol. The summed E-state index contributed by atoms with van der Waals surface area (Å²) in [6, 6.07) is 0. The quantitative estimate of drug-likeness (QED) is 0.153. The van der Waals surface area contributed by atoms with Gasteiger partial charge >= 0.3 is 11.9 Å². The summed E-state index contributed by atoms with van der Waals surface area (Å²) in [4.78, 5) is 23.2. The van der Waals surface area contributed by atoms with Crippen LogP contribution in [0, 0.1) is 0 Å². The van der Waals surface area contributed by atoms with Crippen molar-refractivity contribution in [3.8, 4) is 0 Å². The maximum atomic E-state index is 11.6. The monoisotopic (exact) mass is 382 g/mol. The van der Waals surface area contributed by atoms with Gasteiger partial charge in [0.1, 0.15) is 0 Å². The van der Waals surface area contributed by atoms with Crippen molar-refractivity contribution in [3.05, 3.63) is 0 Å². The Morgan fingerprint density at radius 3 is 1.31 bits per heavy atom. The molecule has 0 amide bonds. The zero-order valence-corrected chi connectivity index (χ0v) is 15.6. The lowest BCUT2D eigenvalue weighted by Gasteiger charge is -2.13. The summed E-state index contributed by atoms with van der Waals surface area (Å²) >= 11 is 0. The van der Waals surface area contributed by atoms with Gasteiger partial charge in [0, 0.05) is 12.8 Å². The fourth-order valence-corrected chi connectivity index (χ4v) is 2.09. The molecule has 0 aliphatic carbocycles. The first-order valence-corrected chi connectivity index (χ1v) is 8.79. The average Bonchev–Trinajstić information content (AvgIpc) is 2.52. The standard InChI is InChI=1S/C16H34N4O4.2H2O/c17-11-5-3-7-13(19)23-15(21)9-1-2-10-16(22)24-14(20)8-4-6-12-18;;/h13-14H,1-12,17-20H2;2*1H2. The van der Waals surface area contributed by atoms with Crippen LogP contribution in [-0.2, 0) is 19.1 Å². The molecule has 2 unspecified atom stereocenters. The van der Waals surface area contributed by atoms with Gasteiger partial charge in [-0.25, -0.2) is 0 Å². The van der Waals surface area contributed by atoms with Gasteiger partial charge in [-0.1, -0.05) is 0 Å². The number of rotatable bonds is 15. The van der Waals surface area contributed by atoms with Gasteiger partial charge in [0.05, 0.1) is 0 Å². The highest BCUT2D eigenvalue weighted by Crippen LogP contribution is 2.07. The van der Waals surface area contributed by atoms with E-state index >= 15 is 0 Å². The molecule has 0 aromatic heterocycles. The molecule has 0 bridgehead atoms. The zero-order valence-electron chi connectivity index (χ0n) is 15.6. The van der Waals surface area contributed by atoms with Crippen LogP contribution in [0.25, 0.3) is 0 Å². The number of carbonyl (C=O) groups excluding carboxylic acids is 2. The van der Waals surface area contributed by atoms with Crippen LogP contribution in [0.1, 0.15) is 64.2 Å². The van der Waals surface area contributed by atoms with Crippen LogP contribution in [0.15, 0.2) is 0 Å². The van der Waals surface area contributed by atoms with Crippen molar-refractivity contribution in [2.75, 3.05) is 13.1 Å². The van der Waals surface area contributed by atoms with Gasteiger partial charge in [-0.2, -0.15) is 0 Å². The lowest BCUT2D eigenvalue weighted by atomic mass is 10.2. The van der Waals surface area contributed by atoms with Crippen LogP contribution >= 0.6 is 0 Å². The van der Waals surface area contributed by atoms with Gasteiger partial charge in [-0.15, -0.1) is 0 Å². The molecule has 0 aromatic rings. The van der Waals surface area contributed by atoms with Gasteiger partial charge < -0.3 is 31.9 Å². The molecule has 0 rings (SSSR count). The fraction of sp³-hybridized carbons (Fsp3) is 0.875. The SMILES string of the molecule is NCCCCC(N)OC(=O)CCCCC(=O)OC(N)CCCCN.O.O. The Labute approximate surface area is 155 Å². The number of unbranched alkanes of at least 4 members (excludes halogenated alkanes) is 3. The molecule has 0 saturated heterocycles. The van der Waals surface area contributed by atoms with E-state index in [2.05, 4.69) is 0 Å². The molecule has 26 heavy (non-hydrogen) atoms. The summed E-state index contributed by atoms with van der Waals surface area (Å²) in [7, 11) is 0. The first kappa shape index (κ1) is 29.5. The Kier molecular flexibility index (Phi) is 22.7. The molecule has 10 heteroatoms. The van der Waals surface area contributed by atoms with Crippen molar-refractivity contribution >= 4 is 11.9 Å². The van der Waals surface area contributed by atoms with E-state index in [0.717, 1.165) is 25.7 Å². The highest BCUT2D eigenvalue weighted by molar-refractivity contribution is 5.70. The zero-order chi connectivity index (χ0) is 18.2. The van der Waals surface area contributed by atoms with E-state index in [-0.39, 0.29) is 35.7 Å². The third-order valence-electron chi connectivity index (χ3n) is 3.46. The van der Waals surface area contributed by atoms with Gasteiger partial charge in [0.15, 0.2) is 12.5 Å². The molecule has 0 spiro atoms. The van der Waals surface area contributed by atoms with Crippen molar-refractivity contribution in [1.82, 2.24) is 0 Å². The van der Waals surface area contributed by atoms with Crippen molar-refractivity contribution in [2.45, 2.75) is 76.7 Å². The first-order chi connectivity index (χ1) is 11.5. The molecular formula is C16H38N4O6. The third kappa shape index (κ3) is 19.0. The largest absolute Gasteiger partial charge is 0.447 e. The number of nitrogens with two attached hydrogens (primary N) is 4. The van der Waals surface area contributed by atoms with E-state index in [0.29, 0.717) is 38.8 Å². The van der Waals surface area contributed by atoms with Crippen LogP contribution in [0.3, 0.4) is 0 Å². The predicted molar refractivity (Wildman–Crippen MR) is 99.6 cm³/mol. The molecule has 0 radical (unpaired) electrons. The molecule has 2 atom stereocenters. The highest BCUT2D eigenvalue weighted by atomic mass is 16.6. The van der Waals surface area contributed by atoms with E-state index in [1.54, 1.807) is 0 Å². The second kappa shape index (κ2) is 20.0. The summed E-state index contributed by atoms with van der Waals surface area (Å²) < 4.78 is 10.2. The predicted octanol–water partition coefficient (Wildman–Crippen LogP) is -1.19. The van der Waals surface area contributed by atoms with Gasteiger partial charge in [-0.3, -0.25) is 21.1 Å². The summed E-state index contributed by atoms with van der Waals surface area (Å²) in [5, 5.41) is 0. The Balaban J connectivity index is -0.00000264.